The molecule has 0 aliphatic carbocycles. The molecule has 0 saturated carbocycles. The summed E-state index contributed by atoms with van der Waals surface area (Å²) in [6.45, 7) is 1.22. The molecule has 1 aromatic carbocycles. The van der Waals surface area contributed by atoms with Gasteiger partial charge in [-0.3, -0.25) is 0 Å². The fraction of sp³-hybridized carbons (Fsp3) is 0.133. The number of thiophene rings is 1. The van der Waals surface area contributed by atoms with Crippen molar-refractivity contribution in [3.63, 3.8) is 0 Å². The van der Waals surface area contributed by atoms with Crippen molar-refractivity contribution in [1.82, 2.24) is 4.98 Å². The van der Waals surface area contributed by atoms with Gasteiger partial charge in [-0.15, -0.1) is 22.7 Å². The Bertz CT molecular complexity index is 733. The molecule has 1 aliphatic rings. The van der Waals surface area contributed by atoms with Gasteiger partial charge in [0.05, 0.1) is 10.6 Å². The van der Waals surface area contributed by atoms with Gasteiger partial charge in [-0.25, -0.2) is 4.98 Å². The Hall–Kier alpha value is -1.85. The van der Waals surface area contributed by atoms with Crippen molar-refractivity contribution in [2.45, 2.75) is 0 Å². The molecule has 4 rings (SSSR count). The second kappa shape index (κ2) is 4.92. The number of aromatic nitrogens is 1. The summed E-state index contributed by atoms with van der Waals surface area (Å²) < 4.78 is 11.3. The van der Waals surface area contributed by atoms with E-state index < -0.39 is 0 Å². The summed E-state index contributed by atoms with van der Waals surface area (Å²) in [4.78, 5) is 5.78. The predicted octanol–water partition coefficient (Wildman–Crippen LogP) is 4.31. The molecule has 5 heteroatoms. The van der Waals surface area contributed by atoms with Crippen LogP contribution in [0.15, 0.2) is 41.1 Å². The number of nitrogens with zero attached hydrogens (tertiary/aromatic N) is 1. The van der Waals surface area contributed by atoms with Gasteiger partial charge in [-0.1, -0.05) is 30.3 Å². The number of hydrogen-bond donors (Lipinski definition) is 0. The normalized spacial score (nSPS) is 13.4. The van der Waals surface area contributed by atoms with E-state index in [-0.39, 0.29) is 0 Å². The highest BCUT2D eigenvalue weighted by molar-refractivity contribution is 7.16. The first-order valence-electron chi connectivity index (χ1n) is 6.30. The lowest BCUT2D eigenvalue weighted by atomic mass is 10.2. The Morgan fingerprint density at radius 2 is 1.80 bits per heavy atom. The van der Waals surface area contributed by atoms with Gasteiger partial charge in [0, 0.05) is 16.3 Å². The molecule has 0 spiro atoms. The van der Waals surface area contributed by atoms with Crippen molar-refractivity contribution in [3.8, 4) is 32.6 Å². The summed E-state index contributed by atoms with van der Waals surface area (Å²) in [6.07, 6.45) is 0. The Morgan fingerprint density at radius 1 is 0.950 bits per heavy atom. The molecule has 100 valence electrons. The second-order valence-corrected chi connectivity index (χ2v) is 6.10. The molecule has 1 aliphatic heterocycles. The lowest BCUT2D eigenvalue weighted by Crippen LogP contribution is -2.14. The third-order valence-electron chi connectivity index (χ3n) is 3.06. The van der Waals surface area contributed by atoms with Crippen molar-refractivity contribution < 1.29 is 9.47 Å². The van der Waals surface area contributed by atoms with Crippen LogP contribution in [0.4, 0.5) is 0 Å². The zero-order valence-electron chi connectivity index (χ0n) is 10.5. The number of rotatable bonds is 2. The van der Waals surface area contributed by atoms with Gasteiger partial charge in [0.15, 0.2) is 11.5 Å². The molecule has 0 radical (unpaired) electrons. The summed E-state index contributed by atoms with van der Waals surface area (Å²) in [5.41, 5.74) is 2.11. The first-order chi connectivity index (χ1) is 9.92. The molecule has 3 nitrogen and oxygen atoms in total. The predicted molar refractivity (Wildman–Crippen MR) is 81.9 cm³/mol. The maximum Gasteiger partial charge on any atom is 0.181 e. The molecule has 0 saturated heterocycles. The van der Waals surface area contributed by atoms with Gasteiger partial charge in [-0.05, 0) is 0 Å². The molecule has 20 heavy (non-hydrogen) atoms. The Morgan fingerprint density at radius 3 is 2.70 bits per heavy atom. The number of ether oxygens (including phenoxy) is 2. The maximum absolute atomic E-state index is 5.71. The smallest absolute Gasteiger partial charge is 0.181 e. The van der Waals surface area contributed by atoms with Crippen molar-refractivity contribution in [2.24, 2.45) is 0 Å². The quantitative estimate of drug-likeness (QED) is 0.707. The summed E-state index contributed by atoms with van der Waals surface area (Å²) in [5.74, 6) is 1.68. The van der Waals surface area contributed by atoms with Crippen LogP contribution in [0.25, 0.3) is 21.1 Å². The van der Waals surface area contributed by atoms with E-state index in [1.807, 2.05) is 23.6 Å². The van der Waals surface area contributed by atoms with Gasteiger partial charge in [-0.2, -0.15) is 0 Å². The maximum atomic E-state index is 5.71. The van der Waals surface area contributed by atoms with Crippen LogP contribution in [0, 0.1) is 0 Å². The highest BCUT2D eigenvalue weighted by Crippen LogP contribution is 2.46. The molecule has 0 bridgehead atoms. The first-order valence-corrected chi connectivity index (χ1v) is 8.06. The molecule has 0 amide bonds. The molecule has 2 aromatic heterocycles. The Balaban J connectivity index is 1.74. The van der Waals surface area contributed by atoms with E-state index in [1.165, 1.54) is 0 Å². The number of hydrogen-bond acceptors (Lipinski definition) is 5. The first kappa shape index (κ1) is 11.9. The van der Waals surface area contributed by atoms with Gasteiger partial charge >= 0.3 is 0 Å². The lowest BCUT2D eigenvalue weighted by Gasteiger charge is -2.15. The molecular formula is C15H11NO2S2. The molecule has 0 N–H and O–H groups in total. The zero-order valence-corrected chi connectivity index (χ0v) is 12.2. The molecule has 3 aromatic rings. The lowest BCUT2D eigenvalue weighted by molar-refractivity contribution is 0.174. The largest absolute Gasteiger partial charge is 0.485 e. The Labute approximate surface area is 124 Å². The molecule has 0 unspecified atom stereocenters. The van der Waals surface area contributed by atoms with Crippen LogP contribution in [0.5, 0.6) is 11.5 Å². The van der Waals surface area contributed by atoms with E-state index in [0.29, 0.717) is 13.2 Å². The standard InChI is InChI=1S/C15H11NO2S2/c1-2-4-10(5-3-1)15-16-11(8-20-15)14-13-12(9-19-14)17-6-7-18-13/h1-5,8-9H,6-7H2. The van der Waals surface area contributed by atoms with Crippen LogP contribution in [0.2, 0.25) is 0 Å². The zero-order chi connectivity index (χ0) is 13.4. The Kier molecular flexibility index (Phi) is 2.94. The van der Waals surface area contributed by atoms with E-state index in [0.717, 1.165) is 32.6 Å². The summed E-state index contributed by atoms with van der Waals surface area (Å²) in [7, 11) is 0. The van der Waals surface area contributed by atoms with Crippen LogP contribution in [-0.4, -0.2) is 18.2 Å². The van der Waals surface area contributed by atoms with Gasteiger partial charge in [0.2, 0.25) is 0 Å². The van der Waals surface area contributed by atoms with Crippen LogP contribution in [0.3, 0.4) is 0 Å². The van der Waals surface area contributed by atoms with Gasteiger partial charge < -0.3 is 9.47 Å². The molecule has 0 fully saturated rings. The van der Waals surface area contributed by atoms with E-state index in [2.05, 4.69) is 17.5 Å². The fourth-order valence-electron chi connectivity index (χ4n) is 2.13. The molecule has 0 atom stereocenters. The van der Waals surface area contributed by atoms with E-state index in [1.54, 1.807) is 22.7 Å². The van der Waals surface area contributed by atoms with Crippen molar-refractivity contribution in [3.05, 3.63) is 41.1 Å². The van der Waals surface area contributed by atoms with Gasteiger partial charge in [0.1, 0.15) is 18.2 Å². The highest BCUT2D eigenvalue weighted by Gasteiger charge is 2.21. The summed E-state index contributed by atoms with van der Waals surface area (Å²) in [5, 5.41) is 5.09. The third kappa shape index (κ3) is 1.99. The average Bonchev–Trinajstić information content (AvgIpc) is 3.14. The highest BCUT2D eigenvalue weighted by atomic mass is 32.1. The minimum atomic E-state index is 0.604. The van der Waals surface area contributed by atoms with Crippen LogP contribution in [-0.2, 0) is 0 Å². The minimum Gasteiger partial charge on any atom is -0.485 e. The molecular weight excluding hydrogens is 290 g/mol. The number of benzene rings is 1. The second-order valence-electron chi connectivity index (χ2n) is 4.36. The molecule has 3 heterocycles. The summed E-state index contributed by atoms with van der Waals surface area (Å²) in [6, 6.07) is 10.2. The van der Waals surface area contributed by atoms with Crippen LogP contribution in [0.1, 0.15) is 0 Å². The fourth-order valence-corrected chi connectivity index (χ4v) is 3.91. The van der Waals surface area contributed by atoms with Gasteiger partial charge in [0.25, 0.3) is 0 Å². The number of thiazole rings is 1. The van der Waals surface area contributed by atoms with Crippen molar-refractivity contribution in [2.75, 3.05) is 13.2 Å². The average molecular weight is 301 g/mol. The van der Waals surface area contributed by atoms with Crippen molar-refractivity contribution in [1.29, 1.82) is 0 Å². The summed E-state index contributed by atoms with van der Waals surface area (Å²) >= 11 is 3.27. The topological polar surface area (TPSA) is 31.4 Å². The van der Waals surface area contributed by atoms with Crippen LogP contribution >= 0.6 is 22.7 Å². The van der Waals surface area contributed by atoms with Crippen LogP contribution < -0.4 is 9.47 Å². The van der Waals surface area contributed by atoms with E-state index in [4.69, 9.17) is 14.5 Å². The third-order valence-corrected chi connectivity index (χ3v) is 4.91. The van der Waals surface area contributed by atoms with E-state index >= 15 is 0 Å². The minimum absolute atomic E-state index is 0.604. The SMILES string of the molecule is c1ccc(-c2nc(-c3scc4c3OCCO4)cs2)cc1. The number of fused-ring (bicyclic) bond motifs is 1. The van der Waals surface area contributed by atoms with E-state index in [9.17, 15) is 0 Å². The monoisotopic (exact) mass is 301 g/mol. The van der Waals surface area contributed by atoms with Crippen molar-refractivity contribution >= 4 is 22.7 Å².